The summed E-state index contributed by atoms with van der Waals surface area (Å²) >= 11 is 0. The van der Waals surface area contributed by atoms with Crippen molar-refractivity contribution in [1.82, 2.24) is 4.98 Å². The number of aryl methyl sites for hydroxylation is 1. The van der Waals surface area contributed by atoms with Crippen LogP contribution in [-0.2, 0) is 0 Å². The third-order valence-electron chi connectivity index (χ3n) is 2.90. The van der Waals surface area contributed by atoms with Gasteiger partial charge in [0.2, 0.25) is 0 Å². The number of nitrogens with zero attached hydrogens (tertiary/aromatic N) is 1. The number of aromatic nitrogens is 1. The molecule has 1 aliphatic carbocycles. The van der Waals surface area contributed by atoms with Crippen LogP contribution in [0.3, 0.4) is 0 Å². The highest BCUT2D eigenvalue weighted by atomic mass is 14.7. The molecule has 1 heteroatoms. The van der Waals surface area contributed by atoms with Gasteiger partial charge in [-0.15, -0.1) is 0 Å². The number of pyridine rings is 1. The van der Waals surface area contributed by atoms with E-state index in [1.54, 1.807) is 0 Å². The van der Waals surface area contributed by atoms with Gasteiger partial charge in [-0.1, -0.05) is 31.2 Å². The fourth-order valence-corrected chi connectivity index (χ4v) is 2.04. The molecule has 1 aliphatic rings. The molecule has 1 saturated carbocycles. The van der Waals surface area contributed by atoms with Crippen molar-refractivity contribution < 1.29 is 0 Å². The Hall–Kier alpha value is -1.29. The number of hydrogen-bond donors (Lipinski definition) is 0. The second-order valence-electron chi connectivity index (χ2n) is 4.27. The van der Waals surface area contributed by atoms with Gasteiger partial charge in [-0.25, -0.2) is 4.98 Å². The van der Waals surface area contributed by atoms with Crippen molar-refractivity contribution in [3.05, 3.63) is 29.6 Å². The van der Waals surface area contributed by atoms with Crippen LogP contribution >= 0.6 is 0 Å². The molecule has 1 heterocycles. The second-order valence-corrected chi connectivity index (χ2v) is 4.27. The van der Waals surface area contributed by atoms with Crippen LogP contribution in [0, 0.1) is 24.7 Å². The minimum absolute atomic E-state index is 0.612. The molecular weight excluding hydrogens is 182 g/mol. The predicted octanol–water partition coefficient (Wildman–Crippen LogP) is 3.32. The monoisotopic (exact) mass is 199 g/mol. The highest BCUT2D eigenvalue weighted by Crippen LogP contribution is 2.22. The van der Waals surface area contributed by atoms with Crippen LogP contribution < -0.4 is 0 Å². The largest absolute Gasteiger partial charge is 0.245 e. The molecule has 0 N–H and O–H groups in total. The molecule has 0 aliphatic heterocycles. The summed E-state index contributed by atoms with van der Waals surface area (Å²) in [6.45, 7) is 2.01. The van der Waals surface area contributed by atoms with Crippen molar-refractivity contribution in [2.24, 2.45) is 5.92 Å². The van der Waals surface area contributed by atoms with E-state index in [0.717, 1.165) is 11.4 Å². The molecule has 1 aromatic heterocycles. The van der Waals surface area contributed by atoms with Crippen molar-refractivity contribution in [3.8, 4) is 11.8 Å². The molecule has 1 nitrogen and oxygen atoms in total. The summed E-state index contributed by atoms with van der Waals surface area (Å²) in [5.74, 6) is 7.16. The van der Waals surface area contributed by atoms with Gasteiger partial charge in [0.15, 0.2) is 0 Å². The third kappa shape index (κ3) is 3.09. The topological polar surface area (TPSA) is 12.9 Å². The summed E-state index contributed by atoms with van der Waals surface area (Å²) in [4.78, 5) is 4.38. The van der Waals surface area contributed by atoms with E-state index < -0.39 is 0 Å². The van der Waals surface area contributed by atoms with E-state index in [2.05, 4.69) is 16.8 Å². The third-order valence-corrected chi connectivity index (χ3v) is 2.90. The fourth-order valence-electron chi connectivity index (χ4n) is 2.04. The molecule has 78 valence electrons. The number of rotatable bonds is 0. The molecule has 0 atom stereocenters. The van der Waals surface area contributed by atoms with Crippen molar-refractivity contribution in [1.29, 1.82) is 0 Å². The van der Waals surface area contributed by atoms with Crippen LogP contribution in [0.1, 0.15) is 43.5 Å². The van der Waals surface area contributed by atoms with Gasteiger partial charge in [-0.3, -0.25) is 0 Å². The summed E-state index contributed by atoms with van der Waals surface area (Å²) in [7, 11) is 0. The van der Waals surface area contributed by atoms with E-state index in [9.17, 15) is 0 Å². The molecule has 0 radical (unpaired) electrons. The zero-order valence-corrected chi connectivity index (χ0v) is 9.29. The molecule has 0 spiro atoms. The van der Waals surface area contributed by atoms with Crippen LogP contribution in [0.4, 0.5) is 0 Å². The Bertz CT molecular complexity index is 378. The lowest BCUT2D eigenvalue weighted by molar-refractivity contribution is 0.430. The zero-order valence-electron chi connectivity index (χ0n) is 9.29. The lowest BCUT2D eigenvalue weighted by atomic mass is 9.90. The SMILES string of the molecule is Cc1cccc(C#CC2CCCCC2)n1. The highest BCUT2D eigenvalue weighted by Gasteiger charge is 2.09. The first-order chi connectivity index (χ1) is 7.34. The van der Waals surface area contributed by atoms with E-state index in [4.69, 9.17) is 0 Å². The highest BCUT2D eigenvalue weighted by molar-refractivity contribution is 5.29. The summed E-state index contributed by atoms with van der Waals surface area (Å²) in [5.41, 5.74) is 1.96. The van der Waals surface area contributed by atoms with Gasteiger partial charge in [0.05, 0.1) is 0 Å². The Morgan fingerprint density at radius 1 is 1.20 bits per heavy atom. The molecule has 0 bridgehead atoms. The summed E-state index contributed by atoms with van der Waals surface area (Å²) in [6, 6.07) is 6.02. The van der Waals surface area contributed by atoms with E-state index in [1.165, 1.54) is 32.1 Å². The number of hydrogen-bond acceptors (Lipinski definition) is 1. The van der Waals surface area contributed by atoms with Gasteiger partial charge in [0.25, 0.3) is 0 Å². The molecule has 0 saturated heterocycles. The quantitative estimate of drug-likeness (QED) is 0.584. The average Bonchev–Trinajstić information content (AvgIpc) is 2.28. The Labute approximate surface area is 91.9 Å². The van der Waals surface area contributed by atoms with Gasteiger partial charge in [-0.2, -0.15) is 0 Å². The maximum absolute atomic E-state index is 4.38. The summed E-state index contributed by atoms with van der Waals surface area (Å²) in [6.07, 6.45) is 6.64. The fraction of sp³-hybridized carbons (Fsp3) is 0.500. The molecule has 2 rings (SSSR count). The molecule has 1 fully saturated rings. The van der Waals surface area contributed by atoms with E-state index in [0.29, 0.717) is 5.92 Å². The first-order valence-electron chi connectivity index (χ1n) is 5.80. The first-order valence-corrected chi connectivity index (χ1v) is 5.80. The smallest absolute Gasteiger partial charge is 0.113 e. The Morgan fingerprint density at radius 2 is 2.00 bits per heavy atom. The average molecular weight is 199 g/mol. The Kier molecular flexibility index (Phi) is 3.40. The van der Waals surface area contributed by atoms with Crippen molar-refractivity contribution in [2.75, 3.05) is 0 Å². The maximum Gasteiger partial charge on any atom is 0.113 e. The molecule has 15 heavy (non-hydrogen) atoms. The first kappa shape index (κ1) is 10.2. The molecular formula is C14H17N. The summed E-state index contributed by atoms with van der Waals surface area (Å²) in [5, 5.41) is 0. The predicted molar refractivity (Wildman–Crippen MR) is 62.4 cm³/mol. The minimum Gasteiger partial charge on any atom is -0.245 e. The maximum atomic E-state index is 4.38. The van der Waals surface area contributed by atoms with Crippen LogP contribution in [0.2, 0.25) is 0 Å². The van der Waals surface area contributed by atoms with Crippen molar-refractivity contribution in [3.63, 3.8) is 0 Å². The standard InChI is InChI=1S/C14H17N/c1-12-6-5-9-14(15-12)11-10-13-7-3-2-4-8-13/h5-6,9,13H,2-4,7-8H2,1H3. The van der Waals surface area contributed by atoms with Crippen LogP contribution in [0.25, 0.3) is 0 Å². The zero-order chi connectivity index (χ0) is 10.5. The minimum atomic E-state index is 0.612. The van der Waals surface area contributed by atoms with E-state index in [-0.39, 0.29) is 0 Å². The Morgan fingerprint density at radius 3 is 2.73 bits per heavy atom. The van der Waals surface area contributed by atoms with Gasteiger partial charge >= 0.3 is 0 Å². The van der Waals surface area contributed by atoms with E-state index in [1.807, 2.05) is 25.1 Å². The Balaban J connectivity index is 2.03. The molecule has 0 amide bonds. The van der Waals surface area contributed by atoms with Crippen molar-refractivity contribution >= 4 is 0 Å². The summed E-state index contributed by atoms with van der Waals surface area (Å²) < 4.78 is 0. The lowest BCUT2D eigenvalue weighted by Gasteiger charge is -2.15. The van der Waals surface area contributed by atoms with Crippen LogP contribution in [0.15, 0.2) is 18.2 Å². The van der Waals surface area contributed by atoms with Crippen LogP contribution in [0.5, 0.6) is 0 Å². The van der Waals surface area contributed by atoms with Gasteiger partial charge < -0.3 is 0 Å². The molecule has 0 unspecified atom stereocenters. The lowest BCUT2D eigenvalue weighted by Crippen LogP contribution is -2.03. The van der Waals surface area contributed by atoms with Gasteiger partial charge in [-0.05, 0) is 37.8 Å². The molecule has 0 aromatic carbocycles. The van der Waals surface area contributed by atoms with E-state index >= 15 is 0 Å². The van der Waals surface area contributed by atoms with Crippen molar-refractivity contribution in [2.45, 2.75) is 39.0 Å². The van der Waals surface area contributed by atoms with Crippen LogP contribution in [-0.4, -0.2) is 4.98 Å². The van der Waals surface area contributed by atoms with Gasteiger partial charge in [0, 0.05) is 11.6 Å². The second kappa shape index (κ2) is 4.98. The van der Waals surface area contributed by atoms with Gasteiger partial charge in [0.1, 0.15) is 5.69 Å². The normalized spacial score (nSPS) is 16.9. The molecule has 1 aromatic rings.